The fourth-order valence-electron chi connectivity index (χ4n) is 4.35. The van der Waals surface area contributed by atoms with Crippen LogP contribution in [-0.2, 0) is 43.4 Å². The summed E-state index contributed by atoms with van der Waals surface area (Å²) < 4.78 is 51.0. The maximum atomic E-state index is 12.7. The predicted molar refractivity (Wildman–Crippen MR) is 178 cm³/mol. The second-order valence-corrected chi connectivity index (χ2v) is 15.6. The van der Waals surface area contributed by atoms with Crippen LogP contribution in [0.25, 0.3) is 0 Å². The van der Waals surface area contributed by atoms with Crippen molar-refractivity contribution in [3.8, 4) is 23.0 Å². The topological polar surface area (TPSA) is 92.2 Å². The molecular formula is C40H48F4O4Ti. The van der Waals surface area contributed by atoms with Crippen LogP contribution >= 0.6 is 0 Å². The van der Waals surface area contributed by atoms with Gasteiger partial charge in [0, 0.05) is 0 Å². The SMILES string of the molecule is CC(C)(C)c1cc(F)ccc1[O-].CC(C)(C)c1cc(F)ccc1[O-].CC(C)(C)c1cc(F)ccc1[O-].CC(C)(C)c1cc(F)ccc1[O-].[Ti+4]. The van der Waals surface area contributed by atoms with Gasteiger partial charge in [0.25, 0.3) is 0 Å². The summed E-state index contributed by atoms with van der Waals surface area (Å²) in [5.74, 6) is -1.77. The molecule has 0 radical (unpaired) electrons. The third kappa shape index (κ3) is 15.3. The van der Waals surface area contributed by atoms with Crippen LogP contribution in [0.1, 0.15) is 105 Å². The van der Waals surface area contributed by atoms with Gasteiger partial charge in [-0.2, -0.15) is 0 Å². The molecular weight excluding hydrogens is 668 g/mol. The first-order valence-electron chi connectivity index (χ1n) is 15.5. The Morgan fingerprint density at radius 3 is 0.571 bits per heavy atom. The summed E-state index contributed by atoms with van der Waals surface area (Å²) in [7, 11) is 0. The monoisotopic (exact) mass is 716 g/mol. The van der Waals surface area contributed by atoms with Gasteiger partial charge in [-0.15, -0.1) is 23.0 Å². The van der Waals surface area contributed by atoms with E-state index in [1.165, 1.54) is 72.8 Å². The van der Waals surface area contributed by atoms with Gasteiger partial charge in [-0.1, -0.05) is 107 Å². The zero-order chi connectivity index (χ0) is 37.4. The first-order valence-corrected chi connectivity index (χ1v) is 15.5. The molecule has 0 aliphatic rings. The molecule has 49 heavy (non-hydrogen) atoms. The van der Waals surface area contributed by atoms with Crippen LogP contribution in [0.3, 0.4) is 0 Å². The Hall–Kier alpha value is -3.49. The maximum Gasteiger partial charge on any atom is 4.00 e. The van der Waals surface area contributed by atoms with Crippen molar-refractivity contribution in [1.82, 2.24) is 0 Å². The fraction of sp³-hybridized carbons (Fsp3) is 0.400. The van der Waals surface area contributed by atoms with Crippen molar-refractivity contribution >= 4 is 0 Å². The Balaban J connectivity index is 0.000000623. The van der Waals surface area contributed by atoms with E-state index in [0.717, 1.165) is 0 Å². The Labute approximate surface area is 304 Å². The number of halogens is 4. The molecule has 0 N–H and O–H groups in total. The van der Waals surface area contributed by atoms with Crippen molar-refractivity contribution in [3.63, 3.8) is 0 Å². The summed E-state index contributed by atoms with van der Waals surface area (Å²) in [6, 6.07) is 15.1. The number of benzene rings is 4. The smallest absolute Gasteiger partial charge is 0.872 e. The Kier molecular flexibility index (Phi) is 16.7. The quantitative estimate of drug-likeness (QED) is 0.134. The van der Waals surface area contributed by atoms with Gasteiger partial charge in [-0.3, -0.25) is 0 Å². The molecule has 0 fully saturated rings. The minimum absolute atomic E-state index is 0. The van der Waals surface area contributed by atoms with Gasteiger partial charge in [0.1, 0.15) is 23.3 Å². The van der Waals surface area contributed by atoms with Crippen molar-refractivity contribution in [3.05, 3.63) is 118 Å². The molecule has 0 saturated carbocycles. The van der Waals surface area contributed by atoms with Gasteiger partial charge in [-0.25, -0.2) is 17.6 Å². The minimum Gasteiger partial charge on any atom is -0.872 e. The third-order valence-electron chi connectivity index (χ3n) is 7.00. The predicted octanol–water partition coefficient (Wildman–Crippen LogP) is 8.78. The molecule has 0 unspecified atom stereocenters. The van der Waals surface area contributed by atoms with Crippen LogP contribution in [-0.4, -0.2) is 0 Å². The second kappa shape index (κ2) is 18.0. The first-order chi connectivity index (χ1) is 21.6. The molecule has 4 rings (SSSR count). The molecule has 0 atom stereocenters. The van der Waals surface area contributed by atoms with E-state index in [9.17, 15) is 38.0 Å². The van der Waals surface area contributed by atoms with E-state index in [4.69, 9.17) is 0 Å². The van der Waals surface area contributed by atoms with Crippen LogP contribution in [0.15, 0.2) is 72.8 Å². The number of hydrogen-bond acceptors (Lipinski definition) is 4. The van der Waals surface area contributed by atoms with Crippen LogP contribution in [0, 0.1) is 23.3 Å². The van der Waals surface area contributed by atoms with Crippen LogP contribution < -0.4 is 20.4 Å². The van der Waals surface area contributed by atoms with Crippen molar-refractivity contribution in [1.29, 1.82) is 0 Å². The normalized spacial score (nSPS) is 11.4. The average molecular weight is 717 g/mol. The summed E-state index contributed by atoms with van der Waals surface area (Å²) in [6.07, 6.45) is 0. The van der Waals surface area contributed by atoms with E-state index in [1.807, 2.05) is 83.1 Å². The van der Waals surface area contributed by atoms with Crippen molar-refractivity contribution in [2.45, 2.75) is 105 Å². The summed E-state index contributed by atoms with van der Waals surface area (Å²) in [4.78, 5) is 0. The van der Waals surface area contributed by atoms with E-state index in [-0.39, 0.29) is 89.6 Å². The molecule has 0 spiro atoms. The van der Waals surface area contributed by atoms with Crippen LogP contribution in [0.4, 0.5) is 17.6 Å². The molecule has 0 bridgehead atoms. The Bertz CT molecular complexity index is 1400. The molecule has 0 heterocycles. The molecule has 9 heteroatoms. The molecule has 0 aromatic heterocycles. The average Bonchev–Trinajstić information content (AvgIpc) is 2.93. The van der Waals surface area contributed by atoms with Crippen LogP contribution in [0.5, 0.6) is 23.0 Å². The molecule has 0 aliphatic carbocycles. The first kappa shape index (κ1) is 45.5. The summed E-state index contributed by atoms with van der Waals surface area (Å²) in [5.41, 5.74) is 1.01. The molecule has 0 amide bonds. The molecule has 4 nitrogen and oxygen atoms in total. The van der Waals surface area contributed by atoms with Crippen molar-refractivity contribution in [2.75, 3.05) is 0 Å². The Morgan fingerprint density at radius 2 is 0.469 bits per heavy atom. The van der Waals surface area contributed by atoms with Gasteiger partial charge < -0.3 is 20.4 Å². The summed E-state index contributed by atoms with van der Waals surface area (Å²) in [5, 5.41) is 45.0. The molecule has 0 saturated heterocycles. The van der Waals surface area contributed by atoms with Gasteiger partial charge in [-0.05, 0) is 92.4 Å². The van der Waals surface area contributed by atoms with Crippen molar-refractivity contribution in [2.24, 2.45) is 0 Å². The maximum absolute atomic E-state index is 12.7. The van der Waals surface area contributed by atoms with E-state index in [1.54, 1.807) is 0 Å². The summed E-state index contributed by atoms with van der Waals surface area (Å²) >= 11 is 0. The van der Waals surface area contributed by atoms with E-state index < -0.39 is 0 Å². The Morgan fingerprint density at radius 1 is 0.327 bits per heavy atom. The van der Waals surface area contributed by atoms with Gasteiger partial charge in [0.15, 0.2) is 0 Å². The van der Waals surface area contributed by atoms with E-state index in [0.29, 0.717) is 22.3 Å². The molecule has 4 aromatic rings. The van der Waals surface area contributed by atoms with Crippen molar-refractivity contribution < 1.29 is 59.7 Å². The molecule has 264 valence electrons. The van der Waals surface area contributed by atoms with E-state index in [2.05, 4.69) is 0 Å². The largest absolute Gasteiger partial charge is 4.00 e. The standard InChI is InChI=1S/4C10H13FO.Ti/c4*1-10(2,3)8-6-7(11)4-5-9(8)12;/h4*4-6,12H,1-3H3;/q;;;;+4/p-4. The number of rotatable bonds is 0. The fourth-order valence-corrected chi connectivity index (χ4v) is 4.35. The number of hydrogen-bond donors (Lipinski definition) is 0. The zero-order valence-corrected chi connectivity index (χ0v) is 32.1. The van der Waals surface area contributed by atoms with Gasteiger partial charge >= 0.3 is 21.7 Å². The van der Waals surface area contributed by atoms with Crippen LogP contribution in [0.2, 0.25) is 0 Å². The minimum atomic E-state index is -0.348. The zero-order valence-electron chi connectivity index (χ0n) is 30.6. The molecule has 4 aromatic carbocycles. The summed E-state index contributed by atoms with van der Waals surface area (Å²) in [6.45, 7) is 22.7. The third-order valence-corrected chi connectivity index (χ3v) is 7.00. The van der Waals surface area contributed by atoms with Gasteiger partial charge in [0.2, 0.25) is 0 Å². The van der Waals surface area contributed by atoms with E-state index >= 15 is 0 Å². The second-order valence-electron chi connectivity index (χ2n) is 15.6. The molecule has 0 aliphatic heterocycles. The van der Waals surface area contributed by atoms with Gasteiger partial charge in [0.05, 0.1) is 0 Å².